The van der Waals surface area contributed by atoms with Crippen LogP contribution in [0.5, 0.6) is 0 Å². The Balaban J connectivity index is 0.00000420. The second-order valence-electron chi connectivity index (χ2n) is 6.43. The molecule has 0 aromatic heterocycles. The van der Waals surface area contributed by atoms with E-state index in [9.17, 15) is 8.42 Å². The number of halogens is 1. The zero-order chi connectivity index (χ0) is 20.4. The monoisotopic (exact) mass is 547 g/mol. The van der Waals surface area contributed by atoms with Crippen LogP contribution in [-0.4, -0.2) is 51.4 Å². The lowest BCUT2D eigenvalue weighted by Crippen LogP contribution is -2.38. The van der Waals surface area contributed by atoms with Gasteiger partial charge >= 0.3 is 0 Å². The van der Waals surface area contributed by atoms with Gasteiger partial charge in [0.2, 0.25) is 0 Å². The third kappa shape index (κ3) is 8.55. The van der Waals surface area contributed by atoms with Gasteiger partial charge in [-0.1, -0.05) is 30.3 Å². The minimum Gasteiger partial charge on any atom is -0.357 e. The maximum atomic E-state index is 12.4. The van der Waals surface area contributed by atoms with Gasteiger partial charge in [0, 0.05) is 31.6 Å². The number of benzene rings is 2. The van der Waals surface area contributed by atoms with Gasteiger partial charge in [-0.25, -0.2) is 8.42 Å². The summed E-state index contributed by atoms with van der Waals surface area (Å²) >= 11 is 1.73. The molecule has 0 bridgehead atoms. The molecule has 0 saturated carbocycles. The molecule has 2 rings (SSSR count). The predicted octanol–water partition coefficient (Wildman–Crippen LogP) is 4.29. The van der Waals surface area contributed by atoms with Crippen LogP contribution in [0.4, 0.5) is 0 Å². The first-order chi connectivity index (χ1) is 13.5. The quantitative estimate of drug-likeness (QED) is 0.167. The number of nitrogens with one attached hydrogen (secondary N) is 1. The second-order valence-corrected chi connectivity index (χ2v) is 9.41. The van der Waals surface area contributed by atoms with Gasteiger partial charge in [-0.3, -0.25) is 4.99 Å². The number of thioether (sulfide) groups is 1. The molecule has 0 heterocycles. The molecule has 1 N–H and O–H groups in total. The van der Waals surface area contributed by atoms with E-state index in [1.165, 1.54) is 10.5 Å². The Bertz CT molecular complexity index is 857. The molecule has 0 aliphatic heterocycles. The standard InChI is InChI=1S/C21H29N3O2S2.HI/c1-4-22-21(24(2)17-18-11-13-19(27-3)14-12-18)23-15-8-16-28(25,26)20-9-6-5-7-10-20;/h5-7,9-14H,4,8,15-17H2,1-3H3,(H,22,23);1H. The van der Waals surface area contributed by atoms with Gasteiger partial charge in [-0.15, -0.1) is 35.7 Å². The van der Waals surface area contributed by atoms with Gasteiger partial charge in [-0.2, -0.15) is 0 Å². The third-order valence-electron chi connectivity index (χ3n) is 4.21. The van der Waals surface area contributed by atoms with E-state index < -0.39 is 9.84 Å². The summed E-state index contributed by atoms with van der Waals surface area (Å²) in [5.41, 5.74) is 1.21. The molecular weight excluding hydrogens is 517 g/mol. The fourth-order valence-electron chi connectivity index (χ4n) is 2.73. The number of rotatable bonds is 9. The summed E-state index contributed by atoms with van der Waals surface area (Å²) < 4.78 is 24.7. The highest BCUT2D eigenvalue weighted by atomic mass is 127. The molecule has 0 fully saturated rings. The summed E-state index contributed by atoms with van der Waals surface area (Å²) in [5.74, 6) is 0.883. The van der Waals surface area contributed by atoms with Crippen molar-refractivity contribution < 1.29 is 8.42 Å². The maximum absolute atomic E-state index is 12.4. The van der Waals surface area contributed by atoms with Crippen LogP contribution in [0.3, 0.4) is 0 Å². The van der Waals surface area contributed by atoms with Crippen LogP contribution in [0.2, 0.25) is 0 Å². The van der Waals surface area contributed by atoms with E-state index in [4.69, 9.17) is 0 Å². The average Bonchev–Trinajstić information content (AvgIpc) is 2.71. The molecule has 0 spiro atoms. The molecule has 2 aromatic rings. The van der Waals surface area contributed by atoms with Crippen LogP contribution in [0.25, 0.3) is 0 Å². The van der Waals surface area contributed by atoms with Crippen LogP contribution in [-0.2, 0) is 16.4 Å². The maximum Gasteiger partial charge on any atom is 0.193 e. The van der Waals surface area contributed by atoms with E-state index in [1.54, 1.807) is 36.0 Å². The molecule has 0 atom stereocenters. The first-order valence-corrected chi connectivity index (χ1v) is 12.2. The minimum atomic E-state index is -3.25. The molecule has 29 heavy (non-hydrogen) atoms. The molecule has 0 radical (unpaired) electrons. The SMILES string of the molecule is CCNC(=NCCCS(=O)(=O)c1ccccc1)N(C)Cc1ccc(SC)cc1.I. The Morgan fingerprint density at radius 2 is 1.76 bits per heavy atom. The number of sulfone groups is 1. The highest BCUT2D eigenvalue weighted by molar-refractivity contribution is 14.0. The largest absolute Gasteiger partial charge is 0.357 e. The van der Waals surface area contributed by atoms with E-state index >= 15 is 0 Å². The Morgan fingerprint density at radius 3 is 2.34 bits per heavy atom. The highest BCUT2D eigenvalue weighted by Gasteiger charge is 2.13. The normalized spacial score (nSPS) is 11.6. The molecule has 2 aromatic carbocycles. The van der Waals surface area contributed by atoms with E-state index in [-0.39, 0.29) is 29.7 Å². The lowest BCUT2D eigenvalue weighted by atomic mass is 10.2. The molecule has 160 valence electrons. The van der Waals surface area contributed by atoms with Crippen LogP contribution < -0.4 is 5.32 Å². The number of hydrogen-bond donors (Lipinski definition) is 1. The summed E-state index contributed by atoms with van der Waals surface area (Å²) in [4.78, 5) is 8.28. The van der Waals surface area contributed by atoms with Crippen molar-refractivity contribution in [1.82, 2.24) is 10.2 Å². The van der Waals surface area contributed by atoms with E-state index in [1.807, 2.05) is 20.0 Å². The predicted molar refractivity (Wildman–Crippen MR) is 134 cm³/mol. The van der Waals surface area contributed by atoms with Crippen molar-refractivity contribution in [2.75, 3.05) is 32.1 Å². The third-order valence-corrected chi connectivity index (χ3v) is 6.77. The fraction of sp³-hybridized carbons (Fsp3) is 0.381. The van der Waals surface area contributed by atoms with E-state index in [0.29, 0.717) is 17.9 Å². The molecule has 0 aliphatic carbocycles. The van der Waals surface area contributed by atoms with Gasteiger partial charge in [0.1, 0.15) is 0 Å². The number of hydrogen-bond acceptors (Lipinski definition) is 4. The summed E-state index contributed by atoms with van der Waals surface area (Å²) in [5, 5.41) is 3.28. The van der Waals surface area contributed by atoms with Gasteiger partial charge in [-0.05, 0) is 49.4 Å². The van der Waals surface area contributed by atoms with Crippen molar-refractivity contribution in [2.45, 2.75) is 29.7 Å². The average molecular weight is 548 g/mol. The smallest absolute Gasteiger partial charge is 0.193 e. The minimum absolute atomic E-state index is 0. The highest BCUT2D eigenvalue weighted by Crippen LogP contribution is 2.15. The Labute approximate surface area is 196 Å². The van der Waals surface area contributed by atoms with E-state index in [0.717, 1.165) is 19.0 Å². The fourth-order valence-corrected chi connectivity index (χ4v) is 4.46. The lowest BCUT2D eigenvalue weighted by molar-refractivity contribution is 0.476. The van der Waals surface area contributed by atoms with Crippen molar-refractivity contribution in [1.29, 1.82) is 0 Å². The first-order valence-electron chi connectivity index (χ1n) is 9.36. The molecular formula is C21H30IN3O2S2. The van der Waals surface area contributed by atoms with Crippen LogP contribution in [0.1, 0.15) is 18.9 Å². The van der Waals surface area contributed by atoms with Crippen molar-refractivity contribution >= 4 is 51.5 Å². The van der Waals surface area contributed by atoms with Crippen molar-refractivity contribution in [3.8, 4) is 0 Å². The van der Waals surface area contributed by atoms with Crippen LogP contribution >= 0.6 is 35.7 Å². The Morgan fingerprint density at radius 1 is 1.10 bits per heavy atom. The van der Waals surface area contributed by atoms with Crippen molar-refractivity contribution in [2.24, 2.45) is 4.99 Å². The van der Waals surface area contributed by atoms with E-state index in [2.05, 4.69) is 45.7 Å². The van der Waals surface area contributed by atoms with Crippen LogP contribution in [0, 0.1) is 0 Å². The van der Waals surface area contributed by atoms with Crippen molar-refractivity contribution in [3.63, 3.8) is 0 Å². The lowest BCUT2D eigenvalue weighted by Gasteiger charge is -2.22. The van der Waals surface area contributed by atoms with Crippen molar-refractivity contribution in [3.05, 3.63) is 60.2 Å². The number of aliphatic imine (C=N–C) groups is 1. The molecule has 0 aliphatic rings. The number of guanidine groups is 1. The number of nitrogens with zero attached hydrogens (tertiary/aromatic N) is 2. The second kappa shape index (κ2) is 13.1. The van der Waals surface area contributed by atoms with Gasteiger partial charge in [0.05, 0.1) is 10.6 Å². The Kier molecular flexibility index (Phi) is 11.7. The molecule has 0 unspecified atom stereocenters. The molecule has 8 heteroatoms. The Hall–Kier alpha value is -1.26. The summed E-state index contributed by atoms with van der Waals surface area (Å²) in [6.07, 6.45) is 2.55. The summed E-state index contributed by atoms with van der Waals surface area (Å²) in [6, 6.07) is 17.1. The van der Waals surface area contributed by atoms with Gasteiger partial charge < -0.3 is 10.2 Å². The zero-order valence-corrected chi connectivity index (χ0v) is 21.1. The van der Waals surface area contributed by atoms with Crippen LogP contribution in [0.15, 0.2) is 69.4 Å². The zero-order valence-electron chi connectivity index (χ0n) is 17.2. The van der Waals surface area contributed by atoms with Gasteiger partial charge in [0.25, 0.3) is 0 Å². The molecule has 0 amide bonds. The molecule has 5 nitrogen and oxygen atoms in total. The topological polar surface area (TPSA) is 61.8 Å². The first kappa shape index (κ1) is 25.8. The summed E-state index contributed by atoms with van der Waals surface area (Å²) in [7, 11) is -1.26. The van der Waals surface area contributed by atoms with Gasteiger partial charge in [0.15, 0.2) is 15.8 Å². The molecule has 0 saturated heterocycles. The summed E-state index contributed by atoms with van der Waals surface area (Å²) in [6.45, 7) is 3.99.